The van der Waals surface area contributed by atoms with E-state index in [0.29, 0.717) is 16.3 Å². The van der Waals surface area contributed by atoms with Gasteiger partial charge >= 0.3 is 0 Å². The molecule has 1 N–H and O–H groups in total. The highest BCUT2D eigenvalue weighted by molar-refractivity contribution is 7.91. The van der Waals surface area contributed by atoms with Crippen molar-refractivity contribution >= 4 is 27.0 Å². The van der Waals surface area contributed by atoms with Gasteiger partial charge in [0.2, 0.25) is 0 Å². The largest absolute Gasteiger partial charge is 0.379 e. The van der Waals surface area contributed by atoms with Crippen LogP contribution in [-0.2, 0) is 16.3 Å². The molecule has 0 atom stereocenters. The predicted molar refractivity (Wildman–Crippen MR) is 67.6 cm³/mol. The van der Waals surface area contributed by atoms with Gasteiger partial charge in [0.05, 0.1) is 10.6 Å². The topological polar surface area (TPSA) is 46.2 Å². The number of thiocarbonyl (C=S) groups is 1. The molecular weight excluding hydrogens is 242 g/mol. The molecule has 0 fully saturated rings. The van der Waals surface area contributed by atoms with E-state index in [1.54, 1.807) is 19.2 Å². The van der Waals surface area contributed by atoms with E-state index in [9.17, 15) is 8.42 Å². The molecule has 0 spiro atoms. The van der Waals surface area contributed by atoms with Crippen molar-refractivity contribution in [3.8, 4) is 0 Å². The first-order valence-electron chi connectivity index (χ1n) is 5.12. The van der Waals surface area contributed by atoms with Crippen LogP contribution < -0.4 is 5.32 Å². The van der Waals surface area contributed by atoms with E-state index in [1.807, 2.05) is 6.07 Å². The van der Waals surface area contributed by atoms with Gasteiger partial charge in [0, 0.05) is 12.6 Å². The molecule has 0 unspecified atom stereocenters. The zero-order valence-corrected chi connectivity index (χ0v) is 10.6. The Balaban J connectivity index is 2.52. The molecular formula is C11H13NO2S2. The molecule has 1 aliphatic rings. The molecule has 1 aromatic carbocycles. The number of sulfone groups is 1. The van der Waals surface area contributed by atoms with Gasteiger partial charge in [-0.3, -0.25) is 0 Å². The van der Waals surface area contributed by atoms with Crippen LogP contribution >= 0.6 is 12.2 Å². The van der Waals surface area contributed by atoms with E-state index < -0.39 is 9.84 Å². The molecule has 3 nitrogen and oxygen atoms in total. The lowest BCUT2D eigenvalue weighted by molar-refractivity contribution is 0.586. The van der Waals surface area contributed by atoms with Gasteiger partial charge in [-0.15, -0.1) is 0 Å². The summed E-state index contributed by atoms with van der Waals surface area (Å²) in [4.78, 5) is 1.12. The fraction of sp³-hybridized carbons (Fsp3) is 0.364. The molecule has 1 heterocycles. The molecule has 1 aromatic rings. The Morgan fingerprint density at radius 1 is 1.44 bits per heavy atom. The van der Waals surface area contributed by atoms with Gasteiger partial charge in [0.15, 0.2) is 9.84 Å². The fourth-order valence-corrected chi connectivity index (χ4v) is 3.63. The Morgan fingerprint density at radius 3 is 2.88 bits per heavy atom. The molecule has 0 radical (unpaired) electrons. The summed E-state index contributed by atoms with van der Waals surface area (Å²) in [6.45, 7) is 0. The van der Waals surface area contributed by atoms with Crippen molar-refractivity contribution in [3.05, 3.63) is 29.3 Å². The predicted octanol–water partition coefficient (Wildman–Crippen LogP) is 1.30. The summed E-state index contributed by atoms with van der Waals surface area (Å²) in [7, 11) is -1.29. The van der Waals surface area contributed by atoms with E-state index in [-0.39, 0.29) is 5.75 Å². The average Bonchev–Trinajstić information content (AvgIpc) is 2.27. The fourth-order valence-electron chi connectivity index (χ4n) is 1.93. The second-order valence-electron chi connectivity index (χ2n) is 3.82. The van der Waals surface area contributed by atoms with Crippen molar-refractivity contribution in [1.29, 1.82) is 0 Å². The van der Waals surface area contributed by atoms with Crippen LogP contribution in [0.2, 0.25) is 0 Å². The number of hydrogen-bond donors (Lipinski definition) is 1. The van der Waals surface area contributed by atoms with Crippen LogP contribution in [-0.4, -0.2) is 26.2 Å². The van der Waals surface area contributed by atoms with Gasteiger partial charge < -0.3 is 5.32 Å². The van der Waals surface area contributed by atoms with E-state index in [0.717, 1.165) is 17.5 Å². The molecule has 1 aliphatic heterocycles. The molecule has 86 valence electrons. The third-order valence-corrected chi connectivity index (χ3v) is 5.08. The Hall–Kier alpha value is -0.940. The first-order valence-corrected chi connectivity index (χ1v) is 7.18. The highest BCUT2D eigenvalue weighted by atomic mass is 32.2. The van der Waals surface area contributed by atoms with E-state index in [1.165, 1.54) is 0 Å². The minimum Gasteiger partial charge on any atom is -0.379 e. The number of rotatable bonds is 1. The van der Waals surface area contributed by atoms with Crippen LogP contribution in [0.4, 0.5) is 0 Å². The highest BCUT2D eigenvalue weighted by Gasteiger charge is 2.23. The first kappa shape index (κ1) is 11.5. The maximum Gasteiger partial charge on any atom is 0.178 e. The van der Waals surface area contributed by atoms with Crippen LogP contribution in [0.15, 0.2) is 23.1 Å². The molecule has 0 saturated carbocycles. The van der Waals surface area contributed by atoms with Crippen LogP contribution in [0.25, 0.3) is 0 Å². The zero-order chi connectivity index (χ0) is 11.8. The number of hydrogen-bond acceptors (Lipinski definition) is 3. The molecule has 5 heteroatoms. The number of fused-ring (bicyclic) bond motifs is 1. The Bertz CT molecular complexity index is 535. The summed E-state index contributed by atoms with van der Waals surface area (Å²) in [5.74, 6) is 0.260. The van der Waals surface area contributed by atoms with Crippen LogP contribution in [0.1, 0.15) is 17.5 Å². The third kappa shape index (κ3) is 1.97. The van der Waals surface area contributed by atoms with Gasteiger partial charge in [0.25, 0.3) is 0 Å². The summed E-state index contributed by atoms with van der Waals surface area (Å²) >= 11 is 5.12. The van der Waals surface area contributed by atoms with Crippen molar-refractivity contribution in [2.45, 2.75) is 17.7 Å². The first-order chi connectivity index (χ1) is 7.54. The molecule has 0 aliphatic carbocycles. The van der Waals surface area contributed by atoms with Gasteiger partial charge in [-0.1, -0.05) is 18.3 Å². The highest BCUT2D eigenvalue weighted by Crippen LogP contribution is 2.25. The number of aryl methyl sites for hydroxylation is 1. The average molecular weight is 255 g/mol. The van der Waals surface area contributed by atoms with Crippen molar-refractivity contribution in [2.24, 2.45) is 0 Å². The number of benzene rings is 1. The molecule has 0 bridgehead atoms. The number of nitrogens with one attached hydrogen (secondary N) is 1. The summed E-state index contributed by atoms with van der Waals surface area (Å²) in [5, 5.41) is 2.89. The standard InChI is InChI=1S/C11H13NO2S2/c1-12-11(15)9-4-5-10-8(7-9)3-2-6-16(10,13)14/h4-5,7H,2-3,6H2,1H3,(H,12,15). The lowest BCUT2D eigenvalue weighted by Gasteiger charge is -2.17. The molecule has 0 amide bonds. The monoisotopic (exact) mass is 255 g/mol. The maximum atomic E-state index is 11.8. The van der Waals surface area contributed by atoms with Crippen LogP contribution in [0, 0.1) is 0 Å². The third-order valence-electron chi connectivity index (χ3n) is 2.74. The smallest absolute Gasteiger partial charge is 0.178 e. The summed E-state index contributed by atoms with van der Waals surface area (Å²) < 4.78 is 23.6. The van der Waals surface area contributed by atoms with E-state index >= 15 is 0 Å². The van der Waals surface area contributed by atoms with Crippen LogP contribution in [0.5, 0.6) is 0 Å². The van der Waals surface area contributed by atoms with Gasteiger partial charge in [-0.25, -0.2) is 8.42 Å². The van der Waals surface area contributed by atoms with Crippen molar-refractivity contribution in [1.82, 2.24) is 5.32 Å². The second-order valence-corrected chi connectivity index (χ2v) is 6.31. The Labute approximate surface area is 101 Å². The molecule has 0 saturated heterocycles. The summed E-state index contributed by atoms with van der Waals surface area (Å²) in [6, 6.07) is 5.31. The van der Waals surface area contributed by atoms with Gasteiger partial charge in [-0.2, -0.15) is 0 Å². The Kier molecular flexibility index (Phi) is 2.99. The lowest BCUT2D eigenvalue weighted by Crippen LogP contribution is -2.20. The normalized spacial score (nSPS) is 17.6. The van der Waals surface area contributed by atoms with E-state index in [2.05, 4.69) is 5.32 Å². The van der Waals surface area contributed by atoms with Gasteiger partial charge in [-0.05, 0) is 30.5 Å². The second kappa shape index (κ2) is 4.14. The SMILES string of the molecule is CNC(=S)c1ccc2c(c1)CCCS2(=O)=O. The lowest BCUT2D eigenvalue weighted by atomic mass is 10.1. The summed E-state index contributed by atoms with van der Waals surface area (Å²) in [5.41, 5.74) is 1.77. The van der Waals surface area contributed by atoms with Crippen LogP contribution in [0.3, 0.4) is 0 Å². The van der Waals surface area contributed by atoms with E-state index in [4.69, 9.17) is 12.2 Å². The van der Waals surface area contributed by atoms with Crippen molar-refractivity contribution in [2.75, 3.05) is 12.8 Å². The van der Waals surface area contributed by atoms with Gasteiger partial charge in [0.1, 0.15) is 4.99 Å². The molecule has 2 rings (SSSR count). The summed E-state index contributed by atoms with van der Waals surface area (Å²) in [6.07, 6.45) is 1.51. The van der Waals surface area contributed by atoms with Crippen molar-refractivity contribution in [3.63, 3.8) is 0 Å². The quantitative estimate of drug-likeness (QED) is 0.768. The molecule has 16 heavy (non-hydrogen) atoms. The zero-order valence-electron chi connectivity index (χ0n) is 8.99. The van der Waals surface area contributed by atoms with Crippen molar-refractivity contribution < 1.29 is 8.42 Å². The minimum absolute atomic E-state index is 0.260. The maximum absolute atomic E-state index is 11.8. The Morgan fingerprint density at radius 2 is 2.19 bits per heavy atom. The minimum atomic E-state index is -3.05. The molecule has 0 aromatic heterocycles.